The van der Waals surface area contributed by atoms with Gasteiger partial charge in [-0.25, -0.2) is 0 Å². The molecule has 2 fully saturated rings. The Bertz CT molecular complexity index is 906. The number of thiophene rings is 1. The van der Waals surface area contributed by atoms with E-state index in [1.807, 2.05) is 13.8 Å². The molecule has 2 aromatic heterocycles. The number of nitriles is 1. The minimum Gasteiger partial charge on any atom is -0.376 e. The molecule has 0 aromatic carbocycles. The maximum absolute atomic E-state index is 13.0. The Morgan fingerprint density at radius 2 is 2.24 bits per heavy atom. The van der Waals surface area contributed by atoms with Crippen LogP contribution in [-0.4, -0.2) is 41.2 Å². The Labute approximate surface area is 176 Å². The van der Waals surface area contributed by atoms with E-state index in [-0.39, 0.29) is 12.0 Å². The molecule has 2 atom stereocenters. The second-order valence-corrected chi connectivity index (χ2v) is 8.96. The molecule has 4 rings (SSSR count). The van der Waals surface area contributed by atoms with Crippen molar-refractivity contribution in [2.45, 2.75) is 58.2 Å². The molecule has 2 aromatic rings. The zero-order valence-corrected chi connectivity index (χ0v) is 17.9. The molecule has 1 amide bonds. The summed E-state index contributed by atoms with van der Waals surface area (Å²) in [6.07, 6.45) is 4.42. The number of rotatable bonds is 6. The highest BCUT2D eigenvalue weighted by molar-refractivity contribution is 7.10. The van der Waals surface area contributed by atoms with E-state index in [9.17, 15) is 10.1 Å². The van der Waals surface area contributed by atoms with Gasteiger partial charge in [-0.2, -0.15) is 5.26 Å². The highest BCUT2D eigenvalue weighted by atomic mass is 32.1. The molecule has 29 heavy (non-hydrogen) atoms. The van der Waals surface area contributed by atoms with Crippen molar-refractivity contribution in [3.8, 4) is 6.07 Å². The van der Waals surface area contributed by atoms with Crippen LogP contribution < -0.4 is 5.32 Å². The molecule has 0 unspecified atom stereocenters. The number of amides is 1. The van der Waals surface area contributed by atoms with Gasteiger partial charge in [-0.15, -0.1) is 11.3 Å². The van der Waals surface area contributed by atoms with Gasteiger partial charge in [0, 0.05) is 23.2 Å². The van der Waals surface area contributed by atoms with Gasteiger partial charge in [-0.1, -0.05) is 6.07 Å². The fraction of sp³-hybridized carbons (Fsp3) is 0.545. The minimum absolute atomic E-state index is 0.0592. The van der Waals surface area contributed by atoms with Crippen LogP contribution in [0.5, 0.6) is 0 Å². The van der Waals surface area contributed by atoms with Crippen LogP contribution in [0.25, 0.3) is 0 Å². The van der Waals surface area contributed by atoms with Crippen LogP contribution >= 0.6 is 11.3 Å². The summed E-state index contributed by atoms with van der Waals surface area (Å²) >= 11 is 1.75. The van der Waals surface area contributed by atoms with Crippen molar-refractivity contribution < 1.29 is 9.53 Å². The van der Waals surface area contributed by atoms with Gasteiger partial charge in [0.25, 0.3) is 0 Å². The van der Waals surface area contributed by atoms with Gasteiger partial charge >= 0.3 is 0 Å². The first-order chi connectivity index (χ1) is 14.1. The van der Waals surface area contributed by atoms with E-state index in [2.05, 4.69) is 38.4 Å². The molecule has 1 N–H and O–H groups in total. The molecular formula is C22H28N4O2S. The van der Waals surface area contributed by atoms with Gasteiger partial charge < -0.3 is 14.6 Å². The lowest BCUT2D eigenvalue weighted by molar-refractivity contribution is -0.117. The zero-order valence-electron chi connectivity index (χ0n) is 17.1. The zero-order chi connectivity index (χ0) is 20.4. The first kappa shape index (κ1) is 20.1. The summed E-state index contributed by atoms with van der Waals surface area (Å²) in [6.45, 7) is 6.69. The summed E-state index contributed by atoms with van der Waals surface area (Å²) in [6, 6.07) is 6.83. The van der Waals surface area contributed by atoms with E-state index in [0.717, 1.165) is 50.1 Å². The Balaban J connectivity index is 1.51. The van der Waals surface area contributed by atoms with Gasteiger partial charge in [-0.3, -0.25) is 9.69 Å². The third-order valence-electron chi connectivity index (χ3n) is 6.19. The van der Waals surface area contributed by atoms with Crippen LogP contribution in [0, 0.1) is 25.2 Å². The number of carbonyl (C=O) groups is 1. The Morgan fingerprint density at radius 1 is 1.38 bits per heavy atom. The summed E-state index contributed by atoms with van der Waals surface area (Å²) in [7, 11) is 0. The number of ether oxygens (including phenoxy) is 1. The number of anilines is 1. The summed E-state index contributed by atoms with van der Waals surface area (Å²) < 4.78 is 7.85. The second kappa shape index (κ2) is 8.70. The average molecular weight is 413 g/mol. The van der Waals surface area contributed by atoms with Crippen molar-refractivity contribution in [1.82, 2.24) is 9.47 Å². The molecule has 2 saturated heterocycles. The quantitative estimate of drug-likeness (QED) is 0.779. The van der Waals surface area contributed by atoms with Crippen molar-refractivity contribution in [2.24, 2.45) is 0 Å². The van der Waals surface area contributed by atoms with Crippen LogP contribution in [0.3, 0.4) is 0 Å². The molecule has 4 heterocycles. The smallest absolute Gasteiger partial charge is 0.239 e. The molecular weight excluding hydrogens is 384 g/mol. The molecule has 0 spiro atoms. The Morgan fingerprint density at radius 3 is 2.93 bits per heavy atom. The monoisotopic (exact) mass is 412 g/mol. The SMILES string of the molecule is Cc1c(C#N)c(NC(=O)CN2CCC[C@@H]2c2cccs2)n(C[C@@H]2CCCO2)c1C. The summed E-state index contributed by atoms with van der Waals surface area (Å²) in [4.78, 5) is 16.5. The molecule has 6 nitrogen and oxygen atoms in total. The Kier molecular flexibility index (Phi) is 6.04. The van der Waals surface area contributed by atoms with Crippen molar-refractivity contribution in [2.75, 3.05) is 25.0 Å². The number of carbonyl (C=O) groups excluding carboxylic acids is 1. The van der Waals surface area contributed by atoms with Crippen LogP contribution in [0.2, 0.25) is 0 Å². The molecule has 0 aliphatic carbocycles. The largest absolute Gasteiger partial charge is 0.376 e. The maximum Gasteiger partial charge on any atom is 0.239 e. The van der Waals surface area contributed by atoms with E-state index < -0.39 is 0 Å². The highest BCUT2D eigenvalue weighted by Gasteiger charge is 2.29. The van der Waals surface area contributed by atoms with Crippen molar-refractivity contribution >= 4 is 23.1 Å². The number of hydrogen-bond donors (Lipinski definition) is 1. The fourth-order valence-corrected chi connectivity index (χ4v) is 5.42. The first-order valence-corrected chi connectivity index (χ1v) is 11.2. The molecule has 0 saturated carbocycles. The Hall–Kier alpha value is -2.14. The minimum atomic E-state index is -0.0592. The van der Waals surface area contributed by atoms with Crippen LogP contribution in [0.1, 0.15) is 53.4 Å². The van der Waals surface area contributed by atoms with E-state index in [1.165, 1.54) is 4.88 Å². The molecule has 2 aliphatic rings. The average Bonchev–Trinajstić information content (AvgIpc) is 3.48. The van der Waals surface area contributed by atoms with Crippen LogP contribution in [-0.2, 0) is 16.1 Å². The predicted molar refractivity (Wildman–Crippen MR) is 114 cm³/mol. The van der Waals surface area contributed by atoms with E-state index in [1.54, 1.807) is 11.3 Å². The summed E-state index contributed by atoms with van der Waals surface area (Å²) in [5.41, 5.74) is 2.51. The van der Waals surface area contributed by atoms with Gasteiger partial charge in [-0.05, 0) is 63.1 Å². The number of nitrogens with one attached hydrogen (secondary N) is 1. The standard InChI is InChI=1S/C22H28N4O2S/c1-15-16(2)26(13-17-6-4-10-28-17)22(18(15)12-23)24-21(27)14-25-9-3-7-19(25)20-8-5-11-29-20/h5,8,11,17,19H,3-4,6-7,9-10,13-14H2,1-2H3,(H,24,27)/t17-,19+/m0/s1. The van der Waals surface area contributed by atoms with Gasteiger partial charge in [0.15, 0.2) is 0 Å². The normalized spacial score (nSPS) is 22.1. The van der Waals surface area contributed by atoms with E-state index >= 15 is 0 Å². The first-order valence-electron chi connectivity index (χ1n) is 10.4. The maximum atomic E-state index is 13.0. The van der Waals surface area contributed by atoms with E-state index in [0.29, 0.717) is 30.5 Å². The van der Waals surface area contributed by atoms with Gasteiger partial charge in [0.1, 0.15) is 11.9 Å². The topological polar surface area (TPSA) is 70.3 Å². The predicted octanol–water partition coefficient (Wildman–Crippen LogP) is 3.99. The van der Waals surface area contributed by atoms with Crippen LogP contribution in [0.4, 0.5) is 5.82 Å². The third kappa shape index (κ3) is 4.11. The summed E-state index contributed by atoms with van der Waals surface area (Å²) in [5, 5.41) is 14.9. The molecule has 154 valence electrons. The lowest BCUT2D eigenvalue weighted by atomic mass is 10.2. The second-order valence-electron chi connectivity index (χ2n) is 7.98. The number of likely N-dealkylation sites (tertiary alicyclic amines) is 1. The number of nitrogens with zero attached hydrogens (tertiary/aromatic N) is 3. The molecule has 0 bridgehead atoms. The summed E-state index contributed by atoms with van der Waals surface area (Å²) in [5.74, 6) is 0.561. The van der Waals surface area contributed by atoms with E-state index in [4.69, 9.17) is 4.74 Å². The molecule has 0 radical (unpaired) electrons. The van der Waals surface area contributed by atoms with Crippen molar-refractivity contribution in [3.63, 3.8) is 0 Å². The third-order valence-corrected chi connectivity index (χ3v) is 7.16. The lowest BCUT2D eigenvalue weighted by Crippen LogP contribution is -2.33. The fourth-order valence-electron chi connectivity index (χ4n) is 4.53. The van der Waals surface area contributed by atoms with Gasteiger partial charge in [0.2, 0.25) is 5.91 Å². The number of hydrogen-bond acceptors (Lipinski definition) is 5. The molecule has 2 aliphatic heterocycles. The highest BCUT2D eigenvalue weighted by Crippen LogP contribution is 2.34. The lowest BCUT2D eigenvalue weighted by Gasteiger charge is -2.23. The number of aromatic nitrogens is 1. The van der Waals surface area contributed by atoms with Crippen LogP contribution in [0.15, 0.2) is 17.5 Å². The van der Waals surface area contributed by atoms with Crippen molar-refractivity contribution in [1.29, 1.82) is 5.26 Å². The molecule has 7 heteroatoms. The van der Waals surface area contributed by atoms with Crippen molar-refractivity contribution in [3.05, 3.63) is 39.2 Å². The van der Waals surface area contributed by atoms with Gasteiger partial charge in [0.05, 0.1) is 24.8 Å².